The summed E-state index contributed by atoms with van der Waals surface area (Å²) >= 11 is 0. The average Bonchev–Trinajstić information content (AvgIpc) is 2.16. The van der Waals surface area contributed by atoms with Crippen LogP contribution in [-0.4, -0.2) is 22.2 Å². The lowest BCUT2D eigenvalue weighted by molar-refractivity contribution is -0.147. The summed E-state index contributed by atoms with van der Waals surface area (Å²) in [5.74, 6) is -2.62. The topological polar surface area (TPSA) is 74.6 Å². The lowest BCUT2D eigenvalue weighted by Crippen LogP contribution is -2.10. The first-order valence-electron chi connectivity index (χ1n) is 5.22. The van der Waals surface area contributed by atoms with Gasteiger partial charge in [-0.05, 0) is 11.0 Å². The third-order valence-corrected chi connectivity index (χ3v) is 1.94. The maximum absolute atomic E-state index is 9.43. The zero-order chi connectivity index (χ0) is 13.5. The lowest BCUT2D eigenvalue weighted by Gasteiger charge is -2.18. The van der Waals surface area contributed by atoms with Crippen molar-refractivity contribution in [3.05, 3.63) is 35.9 Å². The minimum Gasteiger partial charge on any atom is -0.481 e. The molecule has 0 spiro atoms. The number of rotatable bonds is 2. The third kappa shape index (κ3) is 8.02. The van der Waals surface area contributed by atoms with Crippen molar-refractivity contribution in [2.45, 2.75) is 32.6 Å². The van der Waals surface area contributed by atoms with Gasteiger partial charge in [0.05, 0.1) is 0 Å². The van der Waals surface area contributed by atoms with E-state index in [2.05, 4.69) is 51.1 Å². The maximum atomic E-state index is 9.43. The monoisotopic (exact) mass is 238 g/mol. The average molecular weight is 238 g/mol. The molecule has 0 aliphatic carbocycles. The van der Waals surface area contributed by atoms with Gasteiger partial charge in [0.25, 0.3) is 0 Å². The van der Waals surface area contributed by atoms with Gasteiger partial charge in [-0.15, -0.1) is 0 Å². The smallest absolute Gasteiger partial charge is 0.314 e. The van der Waals surface area contributed by atoms with Crippen molar-refractivity contribution >= 4 is 11.9 Å². The highest BCUT2D eigenvalue weighted by atomic mass is 16.4. The van der Waals surface area contributed by atoms with Crippen LogP contribution in [0.5, 0.6) is 0 Å². The van der Waals surface area contributed by atoms with E-state index in [1.807, 2.05) is 0 Å². The predicted octanol–water partition coefficient (Wildman–Crippen LogP) is 2.53. The molecule has 1 rings (SSSR count). The molecule has 1 aromatic rings. The maximum Gasteiger partial charge on any atom is 0.314 e. The zero-order valence-corrected chi connectivity index (χ0v) is 10.3. The SMILES string of the molecule is CC(C)(C)c1ccccc1.O=C(O)CC(=O)O. The van der Waals surface area contributed by atoms with Crippen molar-refractivity contribution in [1.29, 1.82) is 0 Å². The fourth-order valence-electron chi connectivity index (χ4n) is 1.07. The molecular weight excluding hydrogens is 220 g/mol. The van der Waals surface area contributed by atoms with E-state index in [0.29, 0.717) is 5.41 Å². The molecule has 0 aliphatic rings. The molecule has 1 aromatic carbocycles. The van der Waals surface area contributed by atoms with Crippen LogP contribution >= 0.6 is 0 Å². The molecule has 17 heavy (non-hydrogen) atoms. The minimum absolute atomic E-state index is 0.293. The Bertz CT molecular complexity index is 351. The van der Waals surface area contributed by atoms with Crippen molar-refractivity contribution < 1.29 is 19.8 Å². The summed E-state index contributed by atoms with van der Waals surface area (Å²) in [7, 11) is 0. The van der Waals surface area contributed by atoms with Gasteiger partial charge in [0, 0.05) is 0 Å². The fraction of sp³-hybridized carbons (Fsp3) is 0.385. The molecule has 0 saturated carbocycles. The highest BCUT2D eigenvalue weighted by molar-refractivity contribution is 5.88. The van der Waals surface area contributed by atoms with Crippen LogP contribution in [0.4, 0.5) is 0 Å². The number of hydrogen-bond donors (Lipinski definition) is 2. The molecule has 4 nitrogen and oxygen atoms in total. The molecule has 0 amide bonds. The van der Waals surface area contributed by atoms with Crippen molar-refractivity contribution in [3.63, 3.8) is 0 Å². The molecule has 0 radical (unpaired) electrons. The molecule has 0 atom stereocenters. The second-order valence-electron chi connectivity index (χ2n) is 4.58. The number of aliphatic carboxylic acids is 2. The number of carbonyl (C=O) groups is 2. The van der Waals surface area contributed by atoms with E-state index in [9.17, 15) is 9.59 Å². The van der Waals surface area contributed by atoms with Gasteiger partial charge in [0.2, 0.25) is 0 Å². The minimum atomic E-state index is -1.31. The highest BCUT2D eigenvalue weighted by Gasteiger charge is 2.11. The first-order valence-corrected chi connectivity index (χ1v) is 5.22. The summed E-state index contributed by atoms with van der Waals surface area (Å²) in [6.07, 6.45) is -0.806. The summed E-state index contributed by atoms with van der Waals surface area (Å²) in [5.41, 5.74) is 1.69. The Morgan fingerprint density at radius 2 is 1.41 bits per heavy atom. The van der Waals surface area contributed by atoms with Crippen LogP contribution in [0.25, 0.3) is 0 Å². The van der Waals surface area contributed by atoms with Crippen molar-refractivity contribution in [3.8, 4) is 0 Å². The summed E-state index contributed by atoms with van der Waals surface area (Å²) < 4.78 is 0. The van der Waals surface area contributed by atoms with Crippen LogP contribution in [0, 0.1) is 0 Å². The van der Waals surface area contributed by atoms with Gasteiger partial charge in [-0.1, -0.05) is 51.1 Å². The Labute approximate surface area is 101 Å². The van der Waals surface area contributed by atoms with Crippen LogP contribution in [0.2, 0.25) is 0 Å². The Kier molecular flexibility index (Phi) is 5.96. The van der Waals surface area contributed by atoms with Gasteiger partial charge < -0.3 is 10.2 Å². The Morgan fingerprint density at radius 1 is 1.00 bits per heavy atom. The highest BCUT2D eigenvalue weighted by Crippen LogP contribution is 2.20. The van der Waals surface area contributed by atoms with Gasteiger partial charge in [0.15, 0.2) is 0 Å². The van der Waals surface area contributed by atoms with E-state index in [4.69, 9.17) is 10.2 Å². The standard InChI is InChI=1S/C10H14.C3H4O4/c1-10(2,3)9-7-5-4-6-8-9;4-2(5)1-3(6)7/h4-8H,1-3H3;1H2,(H,4,5)(H,6,7). The van der Waals surface area contributed by atoms with Crippen LogP contribution in [0.15, 0.2) is 30.3 Å². The molecule has 0 aliphatic heterocycles. The molecule has 0 saturated heterocycles. The first kappa shape index (κ1) is 15.2. The summed E-state index contributed by atoms with van der Waals surface area (Å²) in [6.45, 7) is 6.67. The van der Waals surface area contributed by atoms with Crippen LogP contribution in [0.1, 0.15) is 32.8 Å². The Hall–Kier alpha value is -1.84. The predicted molar refractivity (Wildman–Crippen MR) is 65.0 cm³/mol. The van der Waals surface area contributed by atoms with Gasteiger partial charge in [-0.25, -0.2) is 0 Å². The number of benzene rings is 1. The van der Waals surface area contributed by atoms with Crippen molar-refractivity contribution in [2.24, 2.45) is 0 Å². The second-order valence-corrected chi connectivity index (χ2v) is 4.58. The zero-order valence-electron chi connectivity index (χ0n) is 10.3. The summed E-state index contributed by atoms with van der Waals surface area (Å²) in [4.78, 5) is 18.9. The normalized spacial score (nSPS) is 10.1. The van der Waals surface area contributed by atoms with Gasteiger partial charge in [0.1, 0.15) is 6.42 Å². The van der Waals surface area contributed by atoms with Crippen molar-refractivity contribution in [2.75, 3.05) is 0 Å². The first-order chi connectivity index (χ1) is 7.73. The summed E-state index contributed by atoms with van der Waals surface area (Å²) in [5, 5.41) is 15.4. The number of hydrogen-bond acceptors (Lipinski definition) is 2. The molecule has 0 aromatic heterocycles. The van der Waals surface area contributed by atoms with Crippen molar-refractivity contribution in [1.82, 2.24) is 0 Å². The summed E-state index contributed by atoms with van der Waals surface area (Å²) in [6, 6.07) is 10.6. The van der Waals surface area contributed by atoms with E-state index in [-0.39, 0.29) is 0 Å². The molecule has 0 unspecified atom stereocenters. The van der Waals surface area contributed by atoms with Crippen LogP contribution in [0.3, 0.4) is 0 Å². The lowest BCUT2D eigenvalue weighted by atomic mass is 9.87. The Balaban J connectivity index is 0.000000325. The fourth-order valence-corrected chi connectivity index (χ4v) is 1.07. The molecule has 94 valence electrons. The second kappa shape index (κ2) is 6.68. The molecule has 0 fully saturated rings. The van der Waals surface area contributed by atoms with E-state index in [0.717, 1.165) is 0 Å². The van der Waals surface area contributed by atoms with E-state index >= 15 is 0 Å². The van der Waals surface area contributed by atoms with Gasteiger partial charge >= 0.3 is 11.9 Å². The Morgan fingerprint density at radius 3 is 1.59 bits per heavy atom. The van der Waals surface area contributed by atoms with Crippen LogP contribution < -0.4 is 0 Å². The largest absolute Gasteiger partial charge is 0.481 e. The third-order valence-electron chi connectivity index (χ3n) is 1.94. The molecule has 4 heteroatoms. The molecule has 0 heterocycles. The van der Waals surface area contributed by atoms with E-state index in [1.54, 1.807) is 0 Å². The number of carboxylic acid groups (broad SMARTS) is 2. The molecule has 0 bridgehead atoms. The van der Waals surface area contributed by atoms with E-state index in [1.165, 1.54) is 5.56 Å². The van der Waals surface area contributed by atoms with Crippen LogP contribution in [-0.2, 0) is 15.0 Å². The molecule has 2 N–H and O–H groups in total. The molecular formula is C13H18O4. The van der Waals surface area contributed by atoms with E-state index < -0.39 is 18.4 Å². The van der Waals surface area contributed by atoms with Gasteiger partial charge in [-0.3, -0.25) is 9.59 Å². The quantitative estimate of drug-likeness (QED) is 0.776. The van der Waals surface area contributed by atoms with Gasteiger partial charge in [-0.2, -0.15) is 0 Å². The number of carboxylic acids is 2.